The van der Waals surface area contributed by atoms with Crippen molar-refractivity contribution in [3.8, 4) is 0 Å². The van der Waals surface area contributed by atoms with Gasteiger partial charge in [-0.3, -0.25) is 4.79 Å². The second-order valence-electron chi connectivity index (χ2n) is 6.87. The minimum Gasteiger partial charge on any atom is -0.478 e. The second kappa shape index (κ2) is 12.7. The van der Waals surface area contributed by atoms with Gasteiger partial charge in [-0.1, -0.05) is 27.7 Å². The van der Waals surface area contributed by atoms with E-state index in [1.165, 1.54) is 11.8 Å². The largest absolute Gasteiger partial charge is 0.478 e. The number of rotatable bonds is 12. The van der Waals surface area contributed by atoms with Crippen molar-refractivity contribution < 1.29 is 24.2 Å². The topological polar surface area (TPSA) is 124 Å². The number of hydrogen-bond acceptors (Lipinski definition) is 7. The predicted molar refractivity (Wildman–Crippen MR) is 130 cm³/mol. The van der Waals surface area contributed by atoms with E-state index in [1.807, 2.05) is 18.2 Å². The van der Waals surface area contributed by atoms with Crippen LogP contribution in [0.4, 0.5) is 0 Å². The summed E-state index contributed by atoms with van der Waals surface area (Å²) in [7, 11) is 0. The van der Waals surface area contributed by atoms with E-state index in [0.717, 1.165) is 19.6 Å². The summed E-state index contributed by atoms with van der Waals surface area (Å²) in [6, 6.07) is 14.0. The number of nitrogens with zero attached hydrogens (tertiary/aromatic N) is 1. The molecule has 1 amide bonds. The van der Waals surface area contributed by atoms with Gasteiger partial charge in [-0.15, -0.1) is 0 Å². The van der Waals surface area contributed by atoms with Crippen LogP contribution in [-0.4, -0.2) is 61.5 Å². The third-order valence-corrected chi connectivity index (χ3v) is 6.02. The Morgan fingerprint density at radius 1 is 1.03 bits per heavy atom. The lowest BCUT2D eigenvalue weighted by Gasteiger charge is -2.11. The van der Waals surface area contributed by atoms with Crippen molar-refractivity contribution in [2.75, 3.05) is 39.5 Å². The van der Waals surface area contributed by atoms with Gasteiger partial charge in [-0.25, -0.2) is 9.78 Å². The first-order chi connectivity index (χ1) is 16.0. The van der Waals surface area contributed by atoms with Crippen molar-refractivity contribution in [2.45, 2.75) is 9.79 Å². The summed E-state index contributed by atoms with van der Waals surface area (Å²) in [6.07, 6.45) is 0. The highest BCUT2D eigenvalue weighted by molar-refractivity contribution is 9.10. The highest BCUT2D eigenvalue weighted by Crippen LogP contribution is 2.35. The summed E-state index contributed by atoms with van der Waals surface area (Å²) in [4.78, 5) is 30.0. The standard InChI is InChI=1S/C23H24BrN3O5S/c24-16-3-6-19-18(13-16)21(33-17-4-1-15(2-5-17)23(29)30)14-20(27-19)22(28)26-8-10-32-12-11-31-9-7-25/h1-6,13-14H,7-12,25H2,(H,26,28)(H,29,30). The quantitative estimate of drug-likeness (QED) is 0.302. The normalized spacial score (nSPS) is 11.0. The van der Waals surface area contributed by atoms with Crippen LogP contribution in [0.5, 0.6) is 0 Å². The second-order valence-corrected chi connectivity index (χ2v) is 8.90. The smallest absolute Gasteiger partial charge is 0.335 e. The number of nitrogens with one attached hydrogen (secondary N) is 1. The molecule has 0 spiro atoms. The van der Waals surface area contributed by atoms with Crippen molar-refractivity contribution in [2.24, 2.45) is 5.73 Å². The summed E-state index contributed by atoms with van der Waals surface area (Å²) in [5, 5.41) is 12.8. The fraction of sp³-hybridized carbons (Fsp3) is 0.261. The molecule has 0 aliphatic rings. The van der Waals surface area contributed by atoms with E-state index in [9.17, 15) is 9.59 Å². The Hall–Kier alpha value is -2.50. The van der Waals surface area contributed by atoms with Crippen LogP contribution >= 0.6 is 27.7 Å². The van der Waals surface area contributed by atoms with Gasteiger partial charge in [0.25, 0.3) is 5.91 Å². The monoisotopic (exact) mass is 533 g/mol. The molecule has 0 saturated heterocycles. The SMILES string of the molecule is NCCOCCOCCNC(=O)c1cc(Sc2ccc(C(=O)O)cc2)c2cc(Br)ccc2n1. The molecule has 1 heterocycles. The number of aromatic nitrogens is 1. The number of carboxylic acid groups (broad SMARTS) is 1. The molecular formula is C23H24BrN3O5S. The Balaban J connectivity index is 1.70. The molecule has 3 aromatic rings. The zero-order chi connectivity index (χ0) is 23.6. The number of nitrogens with two attached hydrogens (primary N) is 1. The molecule has 0 aliphatic heterocycles. The van der Waals surface area contributed by atoms with E-state index in [0.29, 0.717) is 50.7 Å². The van der Waals surface area contributed by atoms with Crippen molar-refractivity contribution >= 4 is 50.5 Å². The van der Waals surface area contributed by atoms with Crippen LogP contribution < -0.4 is 11.1 Å². The van der Waals surface area contributed by atoms with E-state index < -0.39 is 5.97 Å². The third-order valence-electron chi connectivity index (χ3n) is 4.46. The van der Waals surface area contributed by atoms with E-state index >= 15 is 0 Å². The highest BCUT2D eigenvalue weighted by Gasteiger charge is 2.14. The average Bonchev–Trinajstić information content (AvgIpc) is 2.81. The number of carboxylic acids is 1. The molecule has 10 heteroatoms. The summed E-state index contributed by atoms with van der Waals surface area (Å²) in [5.74, 6) is -1.28. The van der Waals surface area contributed by atoms with Gasteiger partial charge in [-0.2, -0.15) is 0 Å². The van der Waals surface area contributed by atoms with Gasteiger partial charge in [0.2, 0.25) is 0 Å². The van der Waals surface area contributed by atoms with E-state index in [4.69, 9.17) is 20.3 Å². The van der Waals surface area contributed by atoms with Crippen LogP contribution in [0.1, 0.15) is 20.8 Å². The zero-order valence-electron chi connectivity index (χ0n) is 17.8. The number of hydrogen-bond donors (Lipinski definition) is 3. The number of ether oxygens (including phenoxy) is 2. The molecule has 1 aromatic heterocycles. The van der Waals surface area contributed by atoms with Gasteiger partial charge in [0, 0.05) is 32.7 Å². The molecule has 0 saturated carbocycles. The number of aromatic carboxylic acids is 1. The fourth-order valence-electron chi connectivity index (χ4n) is 2.89. The first-order valence-electron chi connectivity index (χ1n) is 10.2. The number of fused-ring (bicyclic) bond motifs is 1. The number of carbonyl (C=O) groups excluding carboxylic acids is 1. The molecular weight excluding hydrogens is 510 g/mol. The molecule has 33 heavy (non-hydrogen) atoms. The average molecular weight is 534 g/mol. The Kier molecular flexibility index (Phi) is 9.64. The number of carbonyl (C=O) groups is 2. The lowest BCUT2D eigenvalue weighted by Crippen LogP contribution is -2.28. The van der Waals surface area contributed by atoms with Crippen LogP contribution in [0.15, 0.2) is 62.8 Å². The maximum Gasteiger partial charge on any atom is 0.335 e. The summed E-state index contributed by atoms with van der Waals surface area (Å²) in [6.45, 7) is 2.56. The lowest BCUT2D eigenvalue weighted by atomic mass is 10.2. The van der Waals surface area contributed by atoms with E-state index in [2.05, 4.69) is 26.2 Å². The van der Waals surface area contributed by atoms with Gasteiger partial charge in [0.05, 0.1) is 37.5 Å². The molecule has 0 bridgehead atoms. The van der Waals surface area contributed by atoms with Crippen molar-refractivity contribution in [1.82, 2.24) is 10.3 Å². The van der Waals surface area contributed by atoms with Crippen molar-refractivity contribution in [3.63, 3.8) is 0 Å². The first kappa shape index (κ1) is 25.1. The fourth-order valence-corrected chi connectivity index (χ4v) is 4.22. The molecule has 0 unspecified atom stereocenters. The van der Waals surface area contributed by atoms with Gasteiger partial charge in [-0.05, 0) is 48.5 Å². The summed E-state index contributed by atoms with van der Waals surface area (Å²) >= 11 is 4.92. The Labute approximate surface area is 204 Å². The molecule has 8 nitrogen and oxygen atoms in total. The Morgan fingerprint density at radius 2 is 1.76 bits per heavy atom. The van der Waals surface area contributed by atoms with Crippen LogP contribution in [-0.2, 0) is 9.47 Å². The maximum absolute atomic E-state index is 12.7. The number of amides is 1. The number of halogens is 1. The predicted octanol–water partition coefficient (Wildman–Crippen LogP) is 3.57. The molecule has 2 aromatic carbocycles. The van der Waals surface area contributed by atoms with E-state index in [1.54, 1.807) is 30.3 Å². The van der Waals surface area contributed by atoms with Crippen LogP contribution in [0, 0.1) is 0 Å². The Morgan fingerprint density at radius 3 is 2.45 bits per heavy atom. The zero-order valence-corrected chi connectivity index (χ0v) is 20.2. The van der Waals surface area contributed by atoms with Crippen LogP contribution in [0.3, 0.4) is 0 Å². The molecule has 0 fully saturated rings. The Bertz CT molecular complexity index is 1110. The number of pyridine rings is 1. The highest BCUT2D eigenvalue weighted by atomic mass is 79.9. The van der Waals surface area contributed by atoms with Crippen LogP contribution in [0.25, 0.3) is 10.9 Å². The van der Waals surface area contributed by atoms with Gasteiger partial charge < -0.3 is 25.6 Å². The molecule has 4 N–H and O–H groups in total. The summed E-state index contributed by atoms with van der Waals surface area (Å²) < 4.78 is 11.5. The molecule has 174 valence electrons. The lowest BCUT2D eigenvalue weighted by molar-refractivity contribution is 0.0511. The van der Waals surface area contributed by atoms with Gasteiger partial charge in [0.15, 0.2) is 0 Å². The van der Waals surface area contributed by atoms with Crippen molar-refractivity contribution in [1.29, 1.82) is 0 Å². The van der Waals surface area contributed by atoms with Crippen molar-refractivity contribution in [3.05, 3.63) is 64.3 Å². The molecule has 0 aliphatic carbocycles. The third kappa shape index (κ3) is 7.51. The maximum atomic E-state index is 12.7. The summed E-state index contributed by atoms with van der Waals surface area (Å²) in [5.41, 5.74) is 6.54. The molecule has 0 atom stereocenters. The molecule has 0 radical (unpaired) electrons. The minimum absolute atomic E-state index is 0.218. The van der Waals surface area contributed by atoms with E-state index in [-0.39, 0.29) is 11.5 Å². The van der Waals surface area contributed by atoms with Crippen LogP contribution in [0.2, 0.25) is 0 Å². The first-order valence-corrected chi connectivity index (χ1v) is 11.8. The minimum atomic E-state index is -0.976. The number of benzene rings is 2. The van der Waals surface area contributed by atoms with Gasteiger partial charge >= 0.3 is 5.97 Å². The van der Waals surface area contributed by atoms with Gasteiger partial charge in [0.1, 0.15) is 5.69 Å². The molecule has 3 rings (SSSR count).